The highest BCUT2D eigenvalue weighted by molar-refractivity contribution is 5.32. The maximum absolute atomic E-state index is 5.75. The molecular weight excluding hydrogens is 1060 g/mol. The monoisotopic (exact) mass is 1160 g/mol. The first kappa shape index (κ1) is 69.5. The van der Waals surface area contributed by atoms with Crippen LogP contribution in [-0.2, 0) is 77.0 Å². The van der Waals surface area contributed by atoms with Crippen LogP contribution in [0.2, 0.25) is 0 Å². The highest BCUT2D eigenvalue weighted by Gasteiger charge is 2.05. The van der Waals surface area contributed by atoms with Gasteiger partial charge < -0.3 is 18.9 Å². The van der Waals surface area contributed by atoms with Gasteiger partial charge >= 0.3 is 0 Å². The molecule has 0 aliphatic heterocycles. The fourth-order valence-corrected chi connectivity index (χ4v) is 9.46. The van der Waals surface area contributed by atoms with Crippen LogP contribution in [0, 0.1) is 0 Å². The third-order valence-electron chi connectivity index (χ3n) is 14.6. The fourth-order valence-electron chi connectivity index (χ4n) is 9.46. The maximum atomic E-state index is 5.75. The quantitative estimate of drug-likeness (QED) is 0.0369. The first-order valence-corrected chi connectivity index (χ1v) is 32.9. The molecule has 0 aliphatic rings. The van der Waals surface area contributed by atoms with Gasteiger partial charge in [-0.2, -0.15) is 0 Å². The van der Waals surface area contributed by atoms with Crippen LogP contribution in [-0.4, -0.2) is 46.4 Å². The molecule has 0 bridgehead atoms. The van der Waals surface area contributed by atoms with Crippen molar-refractivity contribution in [2.24, 2.45) is 0 Å². The van der Waals surface area contributed by atoms with Crippen LogP contribution in [0.15, 0.2) is 170 Å². The molecule has 0 atom stereocenters. The second kappa shape index (κ2) is 43.3. The van der Waals surface area contributed by atoms with Gasteiger partial charge in [0.2, 0.25) is 0 Å². The Kier molecular flexibility index (Phi) is 35.0. The van der Waals surface area contributed by atoms with Crippen LogP contribution in [0.1, 0.15) is 187 Å². The van der Waals surface area contributed by atoms with E-state index in [0.29, 0.717) is 0 Å². The van der Waals surface area contributed by atoms with E-state index in [9.17, 15) is 0 Å². The second-order valence-corrected chi connectivity index (χ2v) is 22.2. The molecule has 8 nitrogen and oxygen atoms in total. The summed E-state index contributed by atoms with van der Waals surface area (Å²) < 4.78 is 22.5. The average molecular weight is 1160 g/mol. The normalized spacial score (nSPS) is 10.6. The lowest BCUT2D eigenvalue weighted by molar-refractivity contribution is 0.306. The first-order chi connectivity index (χ1) is 42.3. The molecule has 86 heavy (non-hydrogen) atoms. The van der Waals surface area contributed by atoms with Crippen molar-refractivity contribution in [1.82, 2.24) is 19.9 Å². The summed E-state index contributed by atoms with van der Waals surface area (Å²) in [5.41, 5.74) is 15.4. The number of pyridine rings is 4. The first-order valence-electron chi connectivity index (χ1n) is 32.9. The van der Waals surface area contributed by atoms with Gasteiger partial charge in [0.25, 0.3) is 0 Å². The van der Waals surface area contributed by atoms with Crippen LogP contribution in [0.3, 0.4) is 0 Å². The summed E-state index contributed by atoms with van der Waals surface area (Å²) in [6.45, 7) is 20.4. The molecule has 0 unspecified atom stereocenters. The van der Waals surface area contributed by atoms with E-state index in [1.165, 1.54) is 86.5 Å². The van der Waals surface area contributed by atoms with E-state index in [4.69, 9.17) is 18.9 Å². The Balaban J connectivity index is 0.000000210. The minimum absolute atomic E-state index is 0.717. The molecule has 0 aliphatic carbocycles. The maximum Gasteiger partial charge on any atom is 0.119 e. The summed E-state index contributed by atoms with van der Waals surface area (Å²) in [4.78, 5) is 18.0. The molecule has 4 heterocycles. The number of hydrogen-bond acceptors (Lipinski definition) is 8. The SMILES string of the molecule is CCCCCOc1ccc(CCc2ccc(CCC)nc2)cc1.CCCCOc1ccc(CCc2ccc(CCC)nc2)cc1.CCCOc1ccc(CCc2ccc(CCC)nc2)cc1.CCCc1ccc(CCc2ccc(OCC)cc2)cn1. The predicted octanol–water partition coefficient (Wildman–Crippen LogP) is 19.2. The van der Waals surface area contributed by atoms with Crippen molar-refractivity contribution in [2.75, 3.05) is 26.4 Å². The number of unbranched alkanes of at least 4 members (excludes halogenated alkanes) is 3. The molecule has 0 radical (unpaired) electrons. The molecule has 8 heteroatoms. The minimum Gasteiger partial charge on any atom is -0.494 e. The summed E-state index contributed by atoms with van der Waals surface area (Å²) in [6.07, 6.45) is 32.2. The van der Waals surface area contributed by atoms with Crippen molar-refractivity contribution >= 4 is 0 Å². The molecule has 4 aromatic carbocycles. The Morgan fingerprint density at radius 1 is 0.221 bits per heavy atom. The van der Waals surface area contributed by atoms with E-state index < -0.39 is 0 Å². The molecule has 8 aromatic rings. The van der Waals surface area contributed by atoms with Gasteiger partial charge in [-0.15, -0.1) is 0 Å². The largest absolute Gasteiger partial charge is 0.494 e. The number of hydrogen-bond donors (Lipinski definition) is 0. The summed E-state index contributed by atoms with van der Waals surface area (Å²) in [6, 6.07) is 51.3. The van der Waals surface area contributed by atoms with Crippen LogP contribution >= 0.6 is 0 Å². The van der Waals surface area contributed by atoms with Crippen molar-refractivity contribution in [1.29, 1.82) is 0 Å². The summed E-state index contributed by atoms with van der Waals surface area (Å²) >= 11 is 0. The fraction of sp³-hybridized carbons (Fsp3) is 0.436. The number of benzene rings is 4. The van der Waals surface area contributed by atoms with Crippen LogP contribution in [0.5, 0.6) is 23.0 Å². The van der Waals surface area contributed by atoms with Gasteiger partial charge in [-0.05, 0) is 221 Å². The Morgan fingerprint density at radius 2 is 0.477 bits per heavy atom. The summed E-state index contributed by atoms with van der Waals surface area (Å²) in [5, 5.41) is 0. The minimum atomic E-state index is 0.717. The van der Waals surface area contributed by atoms with E-state index in [0.717, 1.165) is 171 Å². The summed E-state index contributed by atoms with van der Waals surface area (Å²) in [5.74, 6) is 3.87. The number of aromatic nitrogens is 4. The van der Waals surface area contributed by atoms with E-state index in [1.54, 1.807) is 0 Å². The Hall–Kier alpha value is -7.32. The third kappa shape index (κ3) is 29.2. The number of rotatable bonds is 34. The van der Waals surface area contributed by atoms with Crippen molar-refractivity contribution in [2.45, 2.75) is 197 Å². The molecule has 0 saturated carbocycles. The molecule has 0 N–H and O–H groups in total. The molecule has 0 spiro atoms. The van der Waals surface area contributed by atoms with Gasteiger partial charge in [-0.1, -0.05) is 166 Å². The lowest BCUT2D eigenvalue weighted by atomic mass is 10.1. The lowest BCUT2D eigenvalue weighted by Crippen LogP contribution is -1.98. The number of ether oxygens (including phenoxy) is 4. The van der Waals surface area contributed by atoms with Crippen LogP contribution in [0.4, 0.5) is 0 Å². The molecule has 0 amide bonds. The van der Waals surface area contributed by atoms with Crippen molar-refractivity contribution in [3.05, 3.63) is 238 Å². The highest BCUT2D eigenvalue weighted by atomic mass is 16.5. The van der Waals surface area contributed by atoms with Crippen LogP contribution < -0.4 is 18.9 Å². The number of nitrogens with zero attached hydrogens (tertiary/aromatic N) is 4. The van der Waals surface area contributed by atoms with Crippen molar-refractivity contribution in [3.63, 3.8) is 0 Å². The van der Waals surface area contributed by atoms with Gasteiger partial charge in [-0.3, -0.25) is 19.9 Å². The van der Waals surface area contributed by atoms with E-state index in [1.807, 2.05) is 43.8 Å². The standard InChI is InChI=1S/C21H29NO.C20H27NO.C19H25NO.C18H23NO/c1-3-5-6-16-23-21-14-11-18(12-15-21)8-9-19-10-13-20(7-4-2)22-17-19;1-3-5-15-22-20-13-10-17(11-14-20)7-8-18-9-12-19(6-4-2)21-16-18;1-3-5-18-11-8-17(15-20-18)7-6-16-9-12-19(13-10-16)21-14-4-2;1-3-5-17-11-8-16(14-19-17)7-6-15-9-12-18(13-10-15)20-4-2/h10-15,17H,3-9,16H2,1-2H3;9-14,16H,3-8,15H2,1-2H3;8-13,15H,3-7,14H2,1-2H3;8-14H,3-7H2,1-2H3. The smallest absolute Gasteiger partial charge is 0.119 e. The second-order valence-electron chi connectivity index (χ2n) is 22.2. The molecule has 460 valence electrons. The van der Waals surface area contributed by atoms with Gasteiger partial charge in [0.15, 0.2) is 0 Å². The van der Waals surface area contributed by atoms with Gasteiger partial charge in [0, 0.05) is 47.6 Å². The molecule has 0 saturated heterocycles. The Bertz CT molecular complexity index is 2860. The van der Waals surface area contributed by atoms with Crippen molar-refractivity contribution in [3.8, 4) is 23.0 Å². The van der Waals surface area contributed by atoms with Crippen molar-refractivity contribution < 1.29 is 18.9 Å². The number of aryl methyl sites for hydroxylation is 12. The molecule has 8 rings (SSSR count). The van der Waals surface area contributed by atoms with E-state index in [2.05, 4.69) is 202 Å². The Labute approximate surface area is 520 Å². The average Bonchev–Trinajstić information content (AvgIpc) is 3.64. The van der Waals surface area contributed by atoms with E-state index in [-0.39, 0.29) is 0 Å². The van der Waals surface area contributed by atoms with Gasteiger partial charge in [-0.25, -0.2) is 0 Å². The topological polar surface area (TPSA) is 88.5 Å². The highest BCUT2D eigenvalue weighted by Crippen LogP contribution is 2.19. The predicted molar refractivity (Wildman–Crippen MR) is 361 cm³/mol. The molecular formula is C78H104N4O4. The lowest BCUT2D eigenvalue weighted by Gasteiger charge is -2.07. The molecule has 0 fully saturated rings. The zero-order valence-corrected chi connectivity index (χ0v) is 54.0. The Morgan fingerprint density at radius 3 is 0.721 bits per heavy atom. The summed E-state index contributed by atoms with van der Waals surface area (Å²) in [7, 11) is 0. The van der Waals surface area contributed by atoms with Gasteiger partial charge in [0.1, 0.15) is 23.0 Å². The van der Waals surface area contributed by atoms with E-state index >= 15 is 0 Å². The zero-order chi connectivity index (χ0) is 61.1. The zero-order valence-electron chi connectivity index (χ0n) is 54.0. The molecule has 4 aromatic heterocycles. The van der Waals surface area contributed by atoms with Crippen LogP contribution in [0.25, 0.3) is 0 Å². The third-order valence-corrected chi connectivity index (χ3v) is 14.6. The van der Waals surface area contributed by atoms with Gasteiger partial charge in [0.05, 0.1) is 26.4 Å².